The number of nitrogens with two attached hydrogens (primary N) is 1. The monoisotopic (exact) mass is 1080 g/mol. The van der Waals surface area contributed by atoms with E-state index in [0.717, 1.165) is 48.5 Å². The molecule has 0 saturated heterocycles. The van der Waals surface area contributed by atoms with Gasteiger partial charge in [0.25, 0.3) is 40.4 Å². The molecular weight excluding hydrogens is 1050 g/mol. The zero-order chi connectivity index (χ0) is 48.6. The van der Waals surface area contributed by atoms with Crippen LogP contribution in [-0.4, -0.2) is 86.3 Å². The number of benzene rings is 5. The molecule has 0 saturated carbocycles. The average Bonchev–Trinajstić information content (AvgIpc) is 3.98. The molecule has 0 amide bonds. The Morgan fingerprint density at radius 3 is 1.55 bits per heavy atom. The van der Waals surface area contributed by atoms with Crippen molar-refractivity contribution in [2.24, 2.45) is 0 Å². The summed E-state index contributed by atoms with van der Waals surface area (Å²) in [6.07, 6.45) is 0. The Kier molecular flexibility index (Phi) is 10.9. The van der Waals surface area contributed by atoms with Crippen molar-refractivity contribution in [3.63, 3.8) is 0 Å². The number of aromatic nitrogens is 8. The van der Waals surface area contributed by atoms with Crippen LogP contribution in [0.2, 0.25) is 0 Å². The summed E-state index contributed by atoms with van der Waals surface area (Å²) >= 11 is 0. The summed E-state index contributed by atoms with van der Waals surface area (Å²) in [5.74, 6) is -1.16. The number of rotatable bonds is 6. The van der Waals surface area contributed by atoms with Crippen LogP contribution in [0.5, 0.6) is 0 Å². The maximum Gasteiger partial charge on any atom is 2.00 e. The molecule has 69 heavy (non-hydrogen) atoms. The maximum atomic E-state index is 14.0. The van der Waals surface area contributed by atoms with Crippen LogP contribution in [0.15, 0.2) is 109 Å². The van der Waals surface area contributed by atoms with E-state index in [1.807, 2.05) is 0 Å². The van der Waals surface area contributed by atoms with Crippen molar-refractivity contribution in [1.29, 1.82) is 4.61 Å². The minimum Gasteiger partial charge on any atom is -0.523 e. The second-order valence-corrected chi connectivity index (χ2v) is 22.5. The number of fused-ring (bicyclic) bond motifs is 20. The van der Waals surface area contributed by atoms with Gasteiger partial charge in [0.05, 0.1) is 25.3 Å². The van der Waals surface area contributed by atoms with Crippen molar-refractivity contribution in [3.8, 4) is 68.3 Å². The fourth-order valence-corrected chi connectivity index (χ4v) is 10.9. The fraction of sp³-hybridized carbons (Fsp3) is 0.0256. The van der Waals surface area contributed by atoms with E-state index in [0.29, 0.717) is 0 Å². The van der Waals surface area contributed by atoms with Crippen molar-refractivity contribution in [2.45, 2.75) is 31.4 Å². The smallest absolute Gasteiger partial charge is 0.523 e. The number of hydrogen-bond acceptors (Lipinski definition) is 18. The van der Waals surface area contributed by atoms with E-state index in [9.17, 15) is 61.0 Å². The molecule has 0 fully saturated rings. The van der Waals surface area contributed by atoms with Crippen LogP contribution in [0.25, 0.3) is 90.4 Å². The molecule has 1 radical (unpaired) electrons. The van der Waals surface area contributed by atoms with E-state index in [1.54, 1.807) is 0 Å². The molecule has 355 valence electrons. The number of sulfonamides is 1. The Hall–Kier alpha value is -6.76. The molecule has 8 N–H and O–H groups in total. The molecule has 24 nitrogen and oxygen atoms in total. The zero-order valence-electron chi connectivity index (χ0n) is 34.0. The Morgan fingerprint density at radius 2 is 1.00 bits per heavy atom. The van der Waals surface area contributed by atoms with Gasteiger partial charge in [-0.1, -0.05) is 12.1 Å². The SMILES string of the molecule is Cc1c(N)cc(NS(=O)(=O)c2ccc3c(c2)-c2nc-3nc3nc(nc4nc([n-]c5[n-]c(n2)c2ccc(S(#N)(O)O)cc52)-c2ccc(S(=O)(=O)O)cc2-4)-c2ccc(S(=O)(=O)O)cc2-3)cc1S(=O)(=O)O.[Cu+2]. The molecule has 30 heteroatoms. The second-order valence-electron chi connectivity index (χ2n) is 15.1. The van der Waals surface area contributed by atoms with Crippen LogP contribution in [-0.2, 0) is 57.4 Å². The maximum absolute atomic E-state index is 14.0. The minimum absolute atomic E-state index is 0. The Labute approximate surface area is 400 Å². The second kappa shape index (κ2) is 15.9. The van der Waals surface area contributed by atoms with Crippen molar-refractivity contribution < 1.29 is 73.5 Å². The van der Waals surface area contributed by atoms with Crippen LogP contribution in [0.3, 0.4) is 0 Å². The summed E-state index contributed by atoms with van der Waals surface area (Å²) in [6.45, 7) is 1.31. The van der Waals surface area contributed by atoms with Gasteiger partial charge in [-0.2, -0.15) is 29.9 Å². The van der Waals surface area contributed by atoms with Gasteiger partial charge in [0.1, 0.15) is 4.90 Å². The summed E-state index contributed by atoms with van der Waals surface area (Å²) in [7, 11) is -23.4. The van der Waals surface area contributed by atoms with Gasteiger partial charge >= 0.3 is 17.1 Å². The van der Waals surface area contributed by atoms with Crippen LogP contribution in [0.1, 0.15) is 5.56 Å². The summed E-state index contributed by atoms with van der Waals surface area (Å²) < 4.78 is 164. The normalized spacial score (nSPS) is 12.9. The van der Waals surface area contributed by atoms with Gasteiger partial charge in [-0.3, -0.25) is 27.5 Å². The molecule has 8 bridgehead atoms. The molecule has 0 unspecified atom stereocenters. The Balaban J connectivity index is 0.00000593. The molecule has 10 rings (SSSR count). The van der Waals surface area contributed by atoms with Crippen LogP contribution in [0.4, 0.5) is 11.4 Å². The molecule has 5 aromatic carbocycles. The Bertz CT molecular complexity index is 4300. The van der Waals surface area contributed by atoms with E-state index in [4.69, 9.17) is 5.73 Å². The van der Waals surface area contributed by atoms with E-state index >= 15 is 0 Å². The van der Waals surface area contributed by atoms with Crippen molar-refractivity contribution >= 4 is 84.0 Å². The van der Waals surface area contributed by atoms with E-state index in [1.165, 1.54) is 43.3 Å². The first-order valence-electron chi connectivity index (χ1n) is 18.9. The topological polar surface area (TPSA) is 405 Å². The first-order chi connectivity index (χ1) is 31.7. The Morgan fingerprint density at radius 1 is 0.522 bits per heavy atom. The van der Waals surface area contributed by atoms with Gasteiger partial charge < -0.3 is 20.7 Å². The summed E-state index contributed by atoms with van der Waals surface area (Å²) in [6, 6.07) is 16.2. The molecule has 0 atom stereocenters. The van der Waals surface area contributed by atoms with Gasteiger partial charge in [0.15, 0.2) is 33.5 Å². The largest absolute Gasteiger partial charge is 2.00 e. The first kappa shape index (κ1) is 47.3. The zero-order valence-corrected chi connectivity index (χ0v) is 39.1. The molecule has 0 aliphatic carbocycles. The van der Waals surface area contributed by atoms with Crippen LogP contribution >= 0.6 is 10.2 Å². The van der Waals surface area contributed by atoms with Gasteiger partial charge in [-0.05, 0) is 107 Å². The van der Waals surface area contributed by atoms with Gasteiger partial charge in [-0.25, -0.2) is 33.3 Å². The molecular formula is C39H25CuN11O13S5. The van der Waals surface area contributed by atoms with Crippen LogP contribution < -0.4 is 20.4 Å². The third kappa shape index (κ3) is 8.37. The van der Waals surface area contributed by atoms with Crippen molar-refractivity contribution in [2.75, 3.05) is 10.5 Å². The number of anilines is 2. The molecule has 3 aliphatic heterocycles. The standard InChI is InChI=1S/C39H25N11O13S5.Cu/c1-16-30(40)10-17(11-31(16)68(61,62)63)50-65(53,54)19-3-7-23-27(13-19)37-44-32-22-6-2-18(64(41,51)52)12-26(22)36(42-32)43-34-24-8-4-20(66(55,56)57)14-28(24)39(47-34)49-35-25-9-5-21(67(58,59)60)15-29(25)38(48-35)46-33(23)45-37;/h2-15,50H,40H2,1H3,(H5-2,42,43,44,45,46,47,48,49,51,52,55,56,57,58,59,60,61,62,63);/q-2;+2. The van der Waals surface area contributed by atoms with Crippen LogP contribution in [0, 0.1) is 11.5 Å². The third-order valence-corrected chi connectivity index (χ3v) is 15.7. The molecule has 7 aromatic rings. The third-order valence-electron chi connectivity index (χ3n) is 10.7. The summed E-state index contributed by atoms with van der Waals surface area (Å²) in [5, 5.41) is 0.244. The van der Waals surface area contributed by atoms with Gasteiger partial charge in [0, 0.05) is 39.4 Å². The average molecular weight is 1080 g/mol. The van der Waals surface area contributed by atoms with Crippen molar-refractivity contribution in [1.82, 2.24) is 39.9 Å². The number of hydrogen-bond donors (Lipinski definition) is 7. The fourth-order valence-electron chi connectivity index (χ4n) is 7.49. The number of nitrogen functional groups attached to an aromatic ring is 1. The van der Waals surface area contributed by atoms with Gasteiger partial charge in [-0.15, -0.1) is 11.5 Å². The summed E-state index contributed by atoms with van der Waals surface area (Å²) in [5.41, 5.74) is 5.57. The van der Waals surface area contributed by atoms with E-state index < -0.39 is 70.2 Å². The predicted octanol–water partition coefficient (Wildman–Crippen LogP) is 5.05. The van der Waals surface area contributed by atoms with E-state index in [-0.39, 0.29) is 129 Å². The molecule has 3 aliphatic rings. The molecule has 5 heterocycles. The number of nitrogens with one attached hydrogen (secondary N) is 1. The first-order valence-corrected chi connectivity index (χ1v) is 26.2. The summed E-state index contributed by atoms with van der Waals surface area (Å²) in [4.78, 5) is 34.3. The predicted molar refractivity (Wildman–Crippen MR) is 241 cm³/mol. The van der Waals surface area contributed by atoms with Crippen molar-refractivity contribution in [3.05, 3.63) is 90.5 Å². The molecule has 2 aromatic heterocycles. The minimum atomic E-state index is -4.84. The quantitative estimate of drug-likeness (QED) is 0.0650. The molecule has 0 spiro atoms. The van der Waals surface area contributed by atoms with E-state index in [2.05, 4.69) is 44.6 Å². The van der Waals surface area contributed by atoms with Gasteiger partial charge in [0.2, 0.25) is 0 Å². The number of nitrogens with zero attached hydrogens (tertiary/aromatic N) is 9.